The van der Waals surface area contributed by atoms with Gasteiger partial charge in [0, 0.05) is 6.54 Å². The van der Waals surface area contributed by atoms with Gasteiger partial charge in [0.2, 0.25) is 5.01 Å². The molecule has 3 aromatic rings. The molecule has 0 spiro atoms. The summed E-state index contributed by atoms with van der Waals surface area (Å²) in [7, 11) is 0. The van der Waals surface area contributed by atoms with Crippen LogP contribution in [0.15, 0.2) is 48.5 Å². The third-order valence-electron chi connectivity index (χ3n) is 3.90. The number of ether oxygens (including phenoxy) is 2. The van der Waals surface area contributed by atoms with Gasteiger partial charge in [0.1, 0.15) is 0 Å². The molecule has 6 nitrogen and oxygen atoms in total. The lowest BCUT2D eigenvalue weighted by Gasteiger charge is -2.11. The van der Waals surface area contributed by atoms with Crippen LogP contribution in [0.25, 0.3) is 11.1 Å². The highest BCUT2D eigenvalue weighted by Gasteiger charge is 2.15. The normalized spacial score (nSPS) is 11.5. The minimum absolute atomic E-state index is 0.0709. The maximum atomic E-state index is 12.5. The standard InChI is InChI=1S/C21H18ClF2N3O3S/c1-2-29-17-11-14(8-9-16(17)30-21(23)24)10-15(22)19-26-27-20(31-19)18(28)25-12-13-6-4-3-5-7-13/h3-11,21H,2,12H2,1H3,(H,25,28)/b15-10-. The largest absolute Gasteiger partial charge is 0.490 e. The van der Waals surface area contributed by atoms with E-state index in [0.29, 0.717) is 17.1 Å². The van der Waals surface area contributed by atoms with Crippen LogP contribution in [0.3, 0.4) is 0 Å². The average molecular weight is 466 g/mol. The number of carbonyl (C=O) groups is 1. The Bertz CT molecular complexity index is 1060. The zero-order valence-corrected chi connectivity index (χ0v) is 17.9. The highest BCUT2D eigenvalue weighted by molar-refractivity contribution is 7.15. The minimum atomic E-state index is -2.96. The summed E-state index contributed by atoms with van der Waals surface area (Å²) in [5.74, 6) is -0.262. The lowest BCUT2D eigenvalue weighted by Crippen LogP contribution is -2.22. The second kappa shape index (κ2) is 10.8. The fourth-order valence-electron chi connectivity index (χ4n) is 2.55. The van der Waals surface area contributed by atoms with Crippen LogP contribution in [-0.2, 0) is 6.54 Å². The van der Waals surface area contributed by atoms with E-state index in [2.05, 4.69) is 20.3 Å². The van der Waals surface area contributed by atoms with E-state index in [4.69, 9.17) is 16.3 Å². The maximum Gasteiger partial charge on any atom is 0.387 e. The van der Waals surface area contributed by atoms with E-state index >= 15 is 0 Å². The number of benzene rings is 2. The van der Waals surface area contributed by atoms with Crippen molar-refractivity contribution in [1.82, 2.24) is 15.5 Å². The fourth-order valence-corrected chi connectivity index (χ4v) is 3.50. The summed E-state index contributed by atoms with van der Waals surface area (Å²) < 4.78 is 34.9. The number of hydrogen-bond acceptors (Lipinski definition) is 6. The van der Waals surface area contributed by atoms with Crippen LogP contribution < -0.4 is 14.8 Å². The molecule has 1 N–H and O–H groups in total. The molecule has 3 rings (SSSR count). The Balaban J connectivity index is 1.71. The molecule has 0 aliphatic rings. The Morgan fingerprint density at radius 3 is 2.61 bits per heavy atom. The molecule has 0 atom stereocenters. The first-order valence-corrected chi connectivity index (χ1v) is 10.4. The number of hydrogen-bond donors (Lipinski definition) is 1. The summed E-state index contributed by atoms with van der Waals surface area (Å²) in [5, 5.41) is 11.4. The molecule has 10 heteroatoms. The number of rotatable bonds is 9. The number of aromatic nitrogens is 2. The number of amides is 1. The molecule has 0 saturated heterocycles. The quantitative estimate of drug-likeness (QED) is 0.470. The van der Waals surface area contributed by atoms with Gasteiger partial charge in [-0.15, -0.1) is 10.2 Å². The minimum Gasteiger partial charge on any atom is -0.490 e. The van der Waals surface area contributed by atoms with Crippen molar-refractivity contribution in [2.75, 3.05) is 6.61 Å². The second-order valence-electron chi connectivity index (χ2n) is 6.09. The zero-order valence-electron chi connectivity index (χ0n) is 16.3. The molecule has 0 aliphatic carbocycles. The third-order valence-corrected chi connectivity index (χ3v) is 5.25. The number of halogens is 3. The first-order chi connectivity index (χ1) is 15.0. The molecular weight excluding hydrogens is 448 g/mol. The van der Waals surface area contributed by atoms with Crippen LogP contribution in [0.1, 0.15) is 32.9 Å². The van der Waals surface area contributed by atoms with Crippen LogP contribution >= 0.6 is 22.9 Å². The Hall–Kier alpha value is -3.04. The second-order valence-corrected chi connectivity index (χ2v) is 7.48. The lowest BCUT2D eigenvalue weighted by molar-refractivity contribution is -0.0514. The zero-order chi connectivity index (χ0) is 22.2. The first kappa shape index (κ1) is 22.6. The molecule has 2 aromatic carbocycles. The van der Waals surface area contributed by atoms with Gasteiger partial charge in [0.25, 0.3) is 5.91 Å². The Labute approximate surface area is 186 Å². The van der Waals surface area contributed by atoms with Crippen molar-refractivity contribution in [2.45, 2.75) is 20.1 Å². The molecule has 0 radical (unpaired) electrons. The van der Waals surface area contributed by atoms with Crippen molar-refractivity contribution in [2.24, 2.45) is 0 Å². The van der Waals surface area contributed by atoms with Gasteiger partial charge in [-0.2, -0.15) is 8.78 Å². The van der Waals surface area contributed by atoms with E-state index in [1.807, 2.05) is 30.3 Å². The summed E-state index contributed by atoms with van der Waals surface area (Å²) >= 11 is 7.37. The molecule has 1 amide bonds. The Morgan fingerprint density at radius 1 is 1.16 bits per heavy atom. The van der Waals surface area contributed by atoms with Crippen molar-refractivity contribution in [1.29, 1.82) is 0 Å². The topological polar surface area (TPSA) is 73.3 Å². The molecule has 1 heterocycles. The molecule has 0 saturated carbocycles. The Kier molecular flexibility index (Phi) is 7.91. The molecule has 0 bridgehead atoms. The highest BCUT2D eigenvalue weighted by Crippen LogP contribution is 2.32. The Morgan fingerprint density at radius 2 is 1.90 bits per heavy atom. The van der Waals surface area contributed by atoms with Gasteiger partial charge in [-0.3, -0.25) is 4.79 Å². The van der Waals surface area contributed by atoms with Gasteiger partial charge in [-0.25, -0.2) is 0 Å². The monoisotopic (exact) mass is 465 g/mol. The molecule has 0 unspecified atom stereocenters. The fraction of sp³-hybridized carbons (Fsp3) is 0.190. The van der Waals surface area contributed by atoms with Gasteiger partial charge in [0.15, 0.2) is 16.5 Å². The summed E-state index contributed by atoms with van der Waals surface area (Å²) in [6, 6.07) is 13.9. The van der Waals surface area contributed by atoms with E-state index in [-0.39, 0.29) is 34.1 Å². The molecule has 162 valence electrons. The van der Waals surface area contributed by atoms with Crippen molar-refractivity contribution in [3.63, 3.8) is 0 Å². The van der Waals surface area contributed by atoms with Crippen LogP contribution in [0.2, 0.25) is 0 Å². The summed E-state index contributed by atoms with van der Waals surface area (Å²) in [4.78, 5) is 12.3. The number of alkyl halides is 2. The SMILES string of the molecule is CCOc1cc(/C=C(\Cl)c2nnc(C(=O)NCc3ccccc3)s2)ccc1OC(F)F. The van der Waals surface area contributed by atoms with Crippen molar-refractivity contribution >= 4 is 40.0 Å². The summed E-state index contributed by atoms with van der Waals surface area (Å²) in [6.45, 7) is -0.589. The van der Waals surface area contributed by atoms with Gasteiger partial charge in [-0.05, 0) is 36.3 Å². The number of nitrogens with one attached hydrogen (secondary N) is 1. The van der Waals surface area contributed by atoms with E-state index in [0.717, 1.165) is 16.9 Å². The maximum absolute atomic E-state index is 12.5. The van der Waals surface area contributed by atoms with Gasteiger partial charge in [0.05, 0.1) is 11.6 Å². The number of nitrogens with zero attached hydrogens (tertiary/aromatic N) is 2. The van der Waals surface area contributed by atoms with E-state index in [1.165, 1.54) is 12.1 Å². The van der Waals surface area contributed by atoms with E-state index < -0.39 is 6.61 Å². The summed E-state index contributed by atoms with van der Waals surface area (Å²) in [6.07, 6.45) is 1.57. The smallest absolute Gasteiger partial charge is 0.387 e. The van der Waals surface area contributed by atoms with Crippen molar-refractivity contribution < 1.29 is 23.0 Å². The average Bonchev–Trinajstić information content (AvgIpc) is 3.25. The number of carbonyl (C=O) groups excluding carboxylic acids is 1. The van der Waals surface area contributed by atoms with Crippen molar-refractivity contribution in [3.05, 3.63) is 69.7 Å². The molecule has 31 heavy (non-hydrogen) atoms. The highest BCUT2D eigenvalue weighted by atomic mass is 35.5. The predicted molar refractivity (Wildman–Crippen MR) is 115 cm³/mol. The van der Waals surface area contributed by atoms with Crippen molar-refractivity contribution in [3.8, 4) is 11.5 Å². The predicted octanol–water partition coefficient (Wildman–Crippen LogP) is 5.21. The molecule has 1 aromatic heterocycles. The van der Waals surface area contributed by atoms with Crippen LogP contribution in [0, 0.1) is 0 Å². The van der Waals surface area contributed by atoms with E-state index in [1.54, 1.807) is 19.1 Å². The summed E-state index contributed by atoms with van der Waals surface area (Å²) in [5.41, 5.74) is 1.54. The van der Waals surface area contributed by atoms with Gasteiger partial charge < -0.3 is 14.8 Å². The van der Waals surface area contributed by atoms with Crippen LogP contribution in [0.4, 0.5) is 8.78 Å². The third kappa shape index (κ3) is 6.47. The van der Waals surface area contributed by atoms with Gasteiger partial charge >= 0.3 is 6.61 Å². The molecule has 0 aliphatic heterocycles. The first-order valence-electron chi connectivity index (χ1n) is 9.21. The molecular formula is C21H18ClF2N3O3S. The van der Waals surface area contributed by atoms with Gasteiger partial charge in [-0.1, -0.05) is 59.3 Å². The van der Waals surface area contributed by atoms with Crippen LogP contribution in [-0.4, -0.2) is 29.3 Å². The lowest BCUT2D eigenvalue weighted by atomic mass is 10.2. The van der Waals surface area contributed by atoms with Crippen LogP contribution in [0.5, 0.6) is 11.5 Å². The molecule has 0 fully saturated rings. The van der Waals surface area contributed by atoms with E-state index in [9.17, 15) is 13.6 Å².